The Morgan fingerprint density at radius 1 is 1.41 bits per heavy atom. The van der Waals surface area contributed by atoms with Crippen LogP contribution in [0.4, 0.5) is 0 Å². The summed E-state index contributed by atoms with van der Waals surface area (Å²) in [4.78, 5) is 5.43. The van der Waals surface area contributed by atoms with Crippen LogP contribution in [0, 0.1) is 12.8 Å². The van der Waals surface area contributed by atoms with Crippen LogP contribution in [-0.4, -0.2) is 32.0 Å². The topological polar surface area (TPSA) is 42.9 Å². The van der Waals surface area contributed by atoms with Crippen molar-refractivity contribution in [2.75, 3.05) is 20.2 Å². The summed E-state index contributed by atoms with van der Waals surface area (Å²) in [7, 11) is 1.69. The fraction of sp³-hybridized carbons (Fsp3) is 0.462. The fourth-order valence-corrected chi connectivity index (χ4v) is 2.53. The van der Waals surface area contributed by atoms with Crippen LogP contribution in [0.1, 0.15) is 11.1 Å². The number of hydrogen-bond acceptors (Lipinski definition) is 4. The van der Waals surface area contributed by atoms with Crippen LogP contribution < -0.4 is 10.1 Å². The highest BCUT2D eigenvalue weighted by Gasteiger charge is 2.38. The summed E-state index contributed by atoms with van der Waals surface area (Å²) in [5, 5.41) is 7.55. The molecule has 0 aromatic heterocycles. The number of fused-ring (bicyclic) bond motifs is 1. The van der Waals surface area contributed by atoms with E-state index in [9.17, 15) is 0 Å². The first-order valence-corrected chi connectivity index (χ1v) is 5.89. The molecule has 1 saturated heterocycles. The number of aryl methyl sites for hydroxylation is 1. The summed E-state index contributed by atoms with van der Waals surface area (Å²) in [5.74, 6) is 1.30. The van der Waals surface area contributed by atoms with Gasteiger partial charge in [0.2, 0.25) is 0 Å². The number of hydrogen-bond donors (Lipinski definition) is 1. The van der Waals surface area contributed by atoms with E-state index in [1.54, 1.807) is 7.11 Å². The first-order chi connectivity index (χ1) is 8.29. The van der Waals surface area contributed by atoms with E-state index in [1.807, 2.05) is 13.0 Å². The van der Waals surface area contributed by atoms with E-state index in [2.05, 4.69) is 22.6 Å². The van der Waals surface area contributed by atoms with Gasteiger partial charge < -0.3 is 14.9 Å². The molecule has 90 valence electrons. The van der Waals surface area contributed by atoms with Crippen LogP contribution in [0.15, 0.2) is 23.4 Å². The van der Waals surface area contributed by atoms with Gasteiger partial charge in [-0.05, 0) is 30.7 Å². The summed E-state index contributed by atoms with van der Waals surface area (Å²) >= 11 is 0. The number of rotatable bonds is 2. The summed E-state index contributed by atoms with van der Waals surface area (Å²) in [6, 6.07) is 6.15. The van der Waals surface area contributed by atoms with Crippen molar-refractivity contribution in [1.82, 2.24) is 5.32 Å². The number of oxime groups is 1. The highest BCUT2D eigenvalue weighted by atomic mass is 16.6. The monoisotopic (exact) mass is 232 g/mol. The van der Waals surface area contributed by atoms with Crippen LogP contribution in [0.3, 0.4) is 0 Å². The van der Waals surface area contributed by atoms with E-state index in [4.69, 9.17) is 9.57 Å². The van der Waals surface area contributed by atoms with Gasteiger partial charge in [0.25, 0.3) is 0 Å². The molecule has 2 aliphatic rings. The van der Waals surface area contributed by atoms with E-state index < -0.39 is 0 Å². The number of methoxy groups -OCH3 is 1. The number of nitrogens with zero attached hydrogens (tertiary/aromatic N) is 1. The van der Waals surface area contributed by atoms with Crippen molar-refractivity contribution in [2.45, 2.75) is 13.0 Å². The molecule has 4 nitrogen and oxygen atoms in total. The van der Waals surface area contributed by atoms with Gasteiger partial charge in [0, 0.05) is 18.7 Å². The standard InChI is InChI=1S/C13H16N2O2/c1-8-5-9(3-4-11(8)16-2)13-10-6-14-7-12(10)17-15-13/h3-5,10,12,14H,6-7H2,1-2H3. The van der Waals surface area contributed by atoms with Gasteiger partial charge in [-0.15, -0.1) is 0 Å². The van der Waals surface area contributed by atoms with Crippen molar-refractivity contribution in [3.05, 3.63) is 29.3 Å². The lowest BCUT2D eigenvalue weighted by atomic mass is 9.94. The molecule has 2 aliphatic heterocycles. The fourth-order valence-electron chi connectivity index (χ4n) is 2.53. The molecule has 1 aromatic rings. The van der Waals surface area contributed by atoms with Gasteiger partial charge in [-0.3, -0.25) is 0 Å². The lowest BCUT2D eigenvalue weighted by Gasteiger charge is -2.10. The quantitative estimate of drug-likeness (QED) is 0.836. The molecule has 2 heterocycles. The molecule has 0 amide bonds. The zero-order valence-corrected chi connectivity index (χ0v) is 10.1. The number of benzene rings is 1. The summed E-state index contributed by atoms with van der Waals surface area (Å²) in [6.07, 6.45) is 0.215. The molecular weight excluding hydrogens is 216 g/mol. The maximum Gasteiger partial charge on any atom is 0.149 e. The van der Waals surface area contributed by atoms with Crippen molar-refractivity contribution in [3.8, 4) is 5.75 Å². The molecule has 0 bridgehead atoms. The Hall–Kier alpha value is -1.55. The van der Waals surface area contributed by atoms with E-state index in [1.165, 1.54) is 0 Å². The third-order valence-electron chi connectivity index (χ3n) is 3.49. The molecule has 2 unspecified atom stereocenters. The van der Waals surface area contributed by atoms with E-state index >= 15 is 0 Å². The molecule has 4 heteroatoms. The molecule has 0 aliphatic carbocycles. The molecule has 1 fully saturated rings. The van der Waals surface area contributed by atoms with E-state index in [-0.39, 0.29) is 6.10 Å². The Labute approximate surface area is 101 Å². The van der Waals surface area contributed by atoms with Gasteiger partial charge in [0.15, 0.2) is 0 Å². The molecule has 1 N–H and O–H groups in total. The van der Waals surface area contributed by atoms with Crippen LogP contribution in [0.5, 0.6) is 5.75 Å². The lowest BCUT2D eigenvalue weighted by molar-refractivity contribution is 0.0842. The normalized spacial score (nSPS) is 26.4. The van der Waals surface area contributed by atoms with Gasteiger partial charge in [-0.2, -0.15) is 0 Å². The second-order valence-electron chi connectivity index (χ2n) is 4.57. The van der Waals surface area contributed by atoms with Crippen molar-refractivity contribution in [2.24, 2.45) is 11.1 Å². The lowest BCUT2D eigenvalue weighted by Crippen LogP contribution is -2.21. The number of ether oxygens (including phenoxy) is 1. The zero-order valence-electron chi connectivity index (χ0n) is 10.1. The molecular formula is C13H16N2O2. The molecule has 3 rings (SSSR count). The molecule has 17 heavy (non-hydrogen) atoms. The Bertz CT molecular complexity index is 470. The van der Waals surface area contributed by atoms with Gasteiger partial charge in [-0.25, -0.2) is 0 Å². The minimum atomic E-state index is 0.215. The predicted octanol–water partition coefficient (Wildman–Crippen LogP) is 1.33. The summed E-state index contributed by atoms with van der Waals surface area (Å²) in [6.45, 7) is 3.89. The van der Waals surface area contributed by atoms with Crippen LogP contribution in [-0.2, 0) is 4.84 Å². The third-order valence-corrected chi connectivity index (χ3v) is 3.49. The van der Waals surface area contributed by atoms with Gasteiger partial charge >= 0.3 is 0 Å². The predicted molar refractivity (Wildman–Crippen MR) is 65.5 cm³/mol. The highest BCUT2D eigenvalue weighted by Crippen LogP contribution is 2.28. The summed E-state index contributed by atoms with van der Waals surface area (Å²) < 4.78 is 5.27. The molecule has 0 radical (unpaired) electrons. The van der Waals surface area contributed by atoms with E-state index in [0.29, 0.717) is 5.92 Å². The highest BCUT2D eigenvalue weighted by molar-refractivity contribution is 6.03. The molecule has 1 aromatic carbocycles. The number of nitrogens with one attached hydrogen (secondary N) is 1. The Morgan fingerprint density at radius 3 is 3.06 bits per heavy atom. The Morgan fingerprint density at radius 2 is 2.29 bits per heavy atom. The van der Waals surface area contributed by atoms with E-state index in [0.717, 1.165) is 35.7 Å². The van der Waals surface area contributed by atoms with Crippen molar-refractivity contribution < 1.29 is 9.57 Å². The maximum absolute atomic E-state index is 5.43. The van der Waals surface area contributed by atoms with Crippen molar-refractivity contribution in [1.29, 1.82) is 0 Å². The van der Waals surface area contributed by atoms with Crippen molar-refractivity contribution >= 4 is 5.71 Å². The maximum atomic E-state index is 5.43. The SMILES string of the molecule is COc1ccc(C2=NOC3CNCC23)cc1C. The summed E-state index contributed by atoms with van der Waals surface area (Å²) in [5.41, 5.74) is 3.33. The van der Waals surface area contributed by atoms with Crippen LogP contribution in [0.25, 0.3) is 0 Å². The largest absolute Gasteiger partial charge is 0.496 e. The second-order valence-corrected chi connectivity index (χ2v) is 4.57. The van der Waals surface area contributed by atoms with Crippen molar-refractivity contribution in [3.63, 3.8) is 0 Å². The van der Waals surface area contributed by atoms with Gasteiger partial charge in [0.1, 0.15) is 11.9 Å². The molecule has 0 saturated carbocycles. The Balaban J connectivity index is 1.92. The molecule has 2 atom stereocenters. The zero-order chi connectivity index (χ0) is 11.8. The average molecular weight is 232 g/mol. The Kier molecular flexibility index (Phi) is 2.52. The minimum Gasteiger partial charge on any atom is -0.496 e. The van der Waals surface area contributed by atoms with Gasteiger partial charge in [-0.1, -0.05) is 5.16 Å². The van der Waals surface area contributed by atoms with Crippen LogP contribution in [0.2, 0.25) is 0 Å². The minimum absolute atomic E-state index is 0.215. The first-order valence-electron chi connectivity index (χ1n) is 5.89. The third kappa shape index (κ3) is 1.69. The first kappa shape index (κ1) is 10.6. The van der Waals surface area contributed by atoms with Gasteiger partial charge in [0.05, 0.1) is 18.7 Å². The molecule has 0 spiro atoms. The second kappa shape index (κ2) is 4.04. The average Bonchev–Trinajstić information content (AvgIpc) is 2.90. The smallest absolute Gasteiger partial charge is 0.149 e. The van der Waals surface area contributed by atoms with Crippen LogP contribution >= 0.6 is 0 Å².